The minimum atomic E-state index is -4.35. The third kappa shape index (κ3) is 26.4. The van der Waals surface area contributed by atoms with Crippen LogP contribution < -0.4 is 0 Å². The van der Waals surface area contributed by atoms with Crippen LogP contribution in [-0.4, -0.2) is 340 Å². The Morgan fingerprint density at radius 3 is 0.980 bits per heavy atom. The second-order valence-electron chi connectivity index (χ2n) is 20.6. The van der Waals surface area contributed by atoms with E-state index in [9.17, 15) is 4.79 Å². The molecule has 0 saturated carbocycles. The zero-order valence-electron chi connectivity index (χ0n) is 63.1. The van der Waals surface area contributed by atoms with Crippen LogP contribution in [0.1, 0.15) is 6.92 Å². The SMILES string of the molecule is CO[SiH2]C.CO[Si](C)(OC)O[Si](CC[Si](OC)(OC)OC)(OC)O[Si](CC[Si](OC)(OC)O[Si](CC[Si](OC)(OC)OC)(OC)OC)(OC)OC.CO[Si](CC[Si]12O[Si]3(C)O[Si](CC[Si](OC)(OC)OC)(OC)O[Si](OC)(O3)O[Si](CCOC(C)=O)(O1)O[Si](OC)(OC)O2)(OC)OC. The molecule has 3 fully saturated rings. The Morgan fingerprint density at radius 1 is 0.337 bits per heavy atom. The van der Waals surface area contributed by atoms with E-state index in [1.165, 1.54) is 185 Å². The molecule has 3 aliphatic rings. The minimum absolute atomic E-state index is 0.0392. The van der Waals surface area contributed by atoms with Gasteiger partial charge >= 0.3 is 139 Å². The quantitative estimate of drug-likeness (QED) is 0.0621. The Kier molecular flexibility index (Phi) is 44.0. The van der Waals surface area contributed by atoms with Crippen molar-refractivity contribution in [3.05, 3.63) is 0 Å². The topological polar surface area (TPSA) is 368 Å². The van der Waals surface area contributed by atoms with Crippen molar-refractivity contribution >= 4 is 148 Å². The first-order chi connectivity index (χ1) is 46.2. The van der Waals surface area contributed by atoms with E-state index in [0.717, 1.165) is 0 Å². The van der Waals surface area contributed by atoms with Gasteiger partial charge in [-0.25, -0.2) is 0 Å². The fourth-order valence-corrected chi connectivity index (χ4v) is 69.3. The Balaban J connectivity index is 0.000000928. The molecular formula is C43H116O39Si16. The highest BCUT2D eigenvalue weighted by Crippen LogP contribution is 2.48. The molecule has 586 valence electrons. The van der Waals surface area contributed by atoms with E-state index in [4.69, 9.17) is 161 Å². The number of carbonyl (C=O) groups excluding carboxylic acids is 1. The average molecular weight is 1710 g/mol. The fraction of sp³-hybridized carbons (Fsp3) is 0.977. The third-order valence-corrected chi connectivity index (χ3v) is 70.8. The van der Waals surface area contributed by atoms with Gasteiger partial charge in [0, 0.05) is 265 Å². The van der Waals surface area contributed by atoms with Crippen LogP contribution in [0.2, 0.25) is 86.1 Å². The smallest absolute Gasteiger partial charge is 0.466 e. The summed E-state index contributed by atoms with van der Waals surface area (Å²) in [7, 11) is -16.1. The van der Waals surface area contributed by atoms with Gasteiger partial charge in [0.1, 0.15) is 0 Å². The predicted octanol–water partition coefficient (Wildman–Crippen LogP) is 2.02. The van der Waals surface area contributed by atoms with Crippen LogP contribution in [0.4, 0.5) is 0 Å². The second-order valence-corrected chi connectivity index (χ2v) is 66.9. The molecule has 4 bridgehead atoms. The standard InChI is InChI=1S/C22H60O18Si7.C19H48O20Si8.C2H8OSi/c1-23-41(16,24-2)38-47(37-15,22-18-43(28-6,29-7)30-8)40-46(35-13,36-14)21-20-45(33-11,34-12)39-44(31-9,32-10)19-17-42(25-3,26-4)27-5;1-19(20)31-13-14-44-35-45(38-46(28-9,29-10)37-44,18-16-42(24-5,25-6)26-7)33-40(12)32-43(27-8,36-47(30-11,34-40)39-44)17-15-41(21-2,22-3)23-4;1-3-4-2/h17-22H2,1-16H3;13-18H2,1-12H3;4H2,1-2H3. The van der Waals surface area contributed by atoms with Crippen molar-refractivity contribution in [2.45, 2.75) is 93.0 Å². The van der Waals surface area contributed by atoms with Gasteiger partial charge in [-0.15, -0.1) is 0 Å². The largest absolute Gasteiger partial charge is 0.664 e. The van der Waals surface area contributed by atoms with Crippen LogP contribution in [0.25, 0.3) is 0 Å². The minimum Gasteiger partial charge on any atom is -0.466 e. The Labute approximate surface area is 599 Å². The number of hydrogen-bond donors (Lipinski definition) is 0. The van der Waals surface area contributed by atoms with Crippen LogP contribution in [0.5, 0.6) is 0 Å². The molecule has 3 rings (SSSR count). The molecule has 0 N–H and O–H groups in total. The summed E-state index contributed by atoms with van der Waals surface area (Å²) in [6.07, 6.45) is 0. The first-order valence-electron chi connectivity index (χ1n) is 30.3. The van der Waals surface area contributed by atoms with Crippen molar-refractivity contribution in [3.8, 4) is 0 Å². The van der Waals surface area contributed by atoms with E-state index in [-0.39, 0.29) is 70.8 Å². The lowest BCUT2D eigenvalue weighted by atomic mass is 10.8. The molecule has 0 aromatic rings. The predicted molar refractivity (Wildman–Crippen MR) is 376 cm³/mol. The van der Waals surface area contributed by atoms with Crippen LogP contribution >= 0.6 is 0 Å². The number of ether oxygens (including phenoxy) is 1. The van der Waals surface area contributed by atoms with Gasteiger partial charge in [-0.05, 0) is 0 Å². The van der Waals surface area contributed by atoms with Crippen LogP contribution in [-0.2, 0) is 170 Å². The van der Waals surface area contributed by atoms with E-state index in [1.54, 1.807) is 20.2 Å². The maximum absolute atomic E-state index is 11.8. The van der Waals surface area contributed by atoms with E-state index >= 15 is 0 Å². The molecule has 3 aliphatic heterocycles. The lowest BCUT2D eigenvalue weighted by Gasteiger charge is -2.56. The summed E-state index contributed by atoms with van der Waals surface area (Å²) < 4.78 is 227. The highest BCUT2D eigenvalue weighted by Gasteiger charge is 2.80. The summed E-state index contributed by atoms with van der Waals surface area (Å²) in [5.41, 5.74) is 0. The molecule has 3 heterocycles. The summed E-state index contributed by atoms with van der Waals surface area (Å²) in [6, 6.07) is 1.97. The van der Waals surface area contributed by atoms with Gasteiger partial charge in [0.15, 0.2) is 9.76 Å². The molecule has 6 unspecified atom stereocenters. The summed E-state index contributed by atoms with van der Waals surface area (Å²) in [6.45, 7) is 6.56. The Morgan fingerprint density at radius 2 is 0.663 bits per heavy atom. The summed E-state index contributed by atoms with van der Waals surface area (Å²) >= 11 is 0. The number of rotatable bonds is 50. The van der Waals surface area contributed by atoms with Crippen molar-refractivity contribution in [3.63, 3.8) is 0 Å². The lowest BCUT2D eigenvalue weighted by Crippen LogP contribution is -2.84. The first-order valence-corrected chi connectivity index (χ1v) is 61.2. The average Bonchev–Trinajstić information content (AvgIpc) is 0.708. The summed E-state index contributed by atoms with van der Waals surface area (Å²) in [5, 5.41) is 0. The normalized spacial score (nSPS) is 24.1. The van der Waals surface area contributed by atoms with Gasteiger partial charge in [0.2, 0.25) is 0 Å². The van der Waals surface area contributed by atoms with Crippen molar-refractivity contribution in [2.75, 3.05) is 191 Å². The zero-order valence-corrected chi connectivity index (χ0v) is 79.5. The van der Waals surface area contributed by atoms with E-state index in [1.807, 2.05) is 0 Å². The molecule has 0 spiro atoms. The Hall–Kier alpha value is 1.46. The summed E-state index contributed by atoms with van der Waals surface area (Å²) in [5.74, 6) is -0.531. The molecule has 98 heavy (non-hydrogen) atoms. The monoisotopic (exact) mass is 1700 g/mol. The first kappa shape index (κ1) is 97.5. The van der Waals surface area contributed by atoms with Gasteiger partial charge in [-0.3, -0.25) is 4.79 Å². The summed E-state index contributed by atoms with van der Waals surface area (Å²) in [4.78, 5) is 11.8. The van der Waals surface area contributed by atoms with Crippen molar-refractivity contribution in [1.82, 2.24) is 0 Å². The molecule has 0 radical (unpaired) electrons. The number of carbonyl (C=O) groups is 1. The van der Waals surface area contributed by atoms with Crippen LogP contribution in [0.3, 0.4) is 0 Å². The molecule has 39 nitrogen and oxygen atoms in total. The van der Waals surface area contributed by atoms with Gasteiger partial charge < -0.3 is 165 Å². The van der Waals surface area contributed by atoms with E-state index in [0.29, 0.717) is 12.1 Å². The molecular weight excluding hydrogens is 1590 g/mol. The maximum Gasteiger partial charge on any atom is 0.664 e. The number of esters is 1. The van der Waals surface area contributed by atoms with Crippen molar-refractivity contribution in [2.24, 2.45) is 0 Å². The molecule has 6 atom stereocenters. The van der Waals surface area contributed by atoms with Gasteiger partial charge in [0.25, 0.3) is 0 Å². The molecule has 0 amide bonds. The van der Waals surface area contributed by atoms with Gasteiger partial charge in [-0.1, -0.05) is 6.55 Å². The maximum atomic E-state index is 11.8. The third-order valence-electron chi connectivity index (χ3n) is 15.8. The highest BCUT2D eigenvalue weighted by atomic mass is 28.6. The Bertz CT molecular complexity index is 2170. The zero-order chi connectivity index (χ0) is 75.1. The highest BCUT2D eigenvalue weighted by molar-refractivity contribution is 6.98. The van der Waals surface area contributed by atoms with Crippen LogP contribution in [0, 0.1) is 0 Å². The molecule has 3 saturated heterocycles. The molecule has 0 aromatic carbocycles. The van der Waals surface area contributed by atoms with Crippen molar-refractivity contribution < 1.29 is 170 Å². The van der Waals surface area contributed by atoms with Gasteiger partial charge in [-0.2, -0.15) is 0 Å². The van der Waals surface area contributed by atoms with E-state index < -0.39 is 139 Å². The van der Waals surface area contributed by atoms with Crippen LogP contribution in [0.15, 0.2) is 0 Å². The van der Waals surface area contributed by atoms with Gasteiger partial charge in [0.05, 0.1) is 12.7 Å². The van der Waals surface area contributed by atoms with E-state index in [2.05, 4.69) is 11.0 Å². The molecule has 0 aliphatic carbocycles. The van der Waals surface area contributed by atoms with Crippen molar-refractivity contribution in [1.29, 1.82) is 0 Å². The number of hydrogen-bond acceptors (Lipinski definition) is 39. The molecule has 55 heteroatoms. The second kappa shape index (κ2) is 44.2. The lowest BCUT2D eigenvalue weighted by molar-refractivity contribution is -0.140. The number of fused-ring (bicyclic) bond motifs is 4. The molecule has 0 aromatic heterocycles. The fourth-order valence-electron chi connectivity index (χ4n) is 9.62.